The van der Waals surface area contributed by atoms with Crippen LogP contribution in [0.25, 0.3) is 5.82 Å². The zero-order valence-electron chi connectivity index (χ0n) is 17.2. The third-order valence-electron chi connectivity index (χ3n) is 5.62. The number of nitrogens with one attached hydrogen (secondary N) is 1. The first kappa shape index (κ1) is 19.5. The molecule has 6 heteroatoms. The van der Waals surface area contributed by atoms with Gasteiger partial charge in [-0.15, -0.1) is 0 Å². The number of nitrogens with zero attached hydrogens (tertiary/aromatic N) is 4. The summed E-state index contributed by atoms with van der Waals surface area (Å²) >= 11 is 5.81. The third kappa shape index (κ3) is 3.82. The third-order valence-corrected chi connectivity index (χ3v) is 5.97. The van der Waals surface area contributed by atoms with Crippen molar-refractivity contribution in [3.63, 3.8) is 0 Å². The van der Waals surface area contributed by atoms with E-state index in [2.05, 4.69) is 85.5 Å². The van der Waals surface area contributed by atoms with Crippen LogP contribution in [0.15, 0.2) is 91.4 Å². The van der Waals surface area contributed by atoms with E-state index in [1.54, 1.807) is 0 Å². The van der Waals surface area contributed by atoms with Gasteiger partial charge in [-0.2, -0.15) is 0 Å². The van der Waals surface area contributed by atoms with E-state index in [9.17, 15) is 0 Å². The van der Waals surface area contributed by atoms with Crippen LogP contribution in [0.4, 0.5) is 0 Å². The molecule has 5 rings (SSSR count). The van der Waals surface area contributed by atoms with Gasteiger partial charge in [-0.1, -0.05) is 42.5 Å². The Morgan fingerprint density at radius 3 is 2.52 bits per heavy atom. The number of hydrogen-bond acceptors (Lipinski definition) is 3. The Morgan fingerprint density at radius 2 is 1.77 bits per heavy atom. The Morgan fingerprint density at radius 1 is 0.935 bits per heavy atom. The summed E-state index contributed by atoms with van der Waals surface area (Å²) in [5.41, 5.74) is 4.44. The van der Waals surface area contributed by atoms with Gasteiger partial charge in [-0.3, -0.25) is 4.98 Å². The van der Waals surface area contributed by atoms with Crippen LogP contribution >= 0.6 is 12.2 Å². The largest absolute Gasteiger partial charge is 0.352 e. The van der Waals surface area contributed by atoms with Crippen molar-refractivity contribution < 1.29 is 0 Å². The summed E-state index contributed by atoms with van der Waals surface area (Å²) in [6, 6.07) is 24.7. The molecule has 5 nitrogen and oxygen atoms in total. The minimum atomic E-state index is -0.0588. The van der Waals surface area contributed by atoms with Crippen molar-refractivity contribution in [2.45, 2.75) is 25.6 Å². The molecule has 0 saturated carbocycles. The van der Waals surface area contributed by atoms with E-state index in [0.717, 1.165) is 27.9 Å². The fourth-order valence-corrected chi connectivity index (χ4v) is 4.43. The number of pyridine rings is 2. The lowest BCUT2D eigenvalue weighted by Crippen LogP contribution is -2.30. The van der Waals surface area contributed by atoms with Gasteiger partial charge in [-0.25, -0.2) is 4.98 Å². The second kappa shape index (κ2) is 8.32. The molecule has 1 saturated heterocycles. The Balaban J connectivity index is 1.60. The van der Waals surface area contributed by atoms with Crippen molar-refractivity contribution >= 4 is 17.3 Å². The predicted molar refractivity (Wildman–Crippen MR) is 126 cm³/mol. The molecule has 2 atom stereocenters. The van der Waals surface area contributed by atoms with Crippen molar-refractivity contribution in [2.24, 2.45) is 0 Å². The molecule has 1 fully saturated rings. The van der Waals surface area contributed by atoms with Crippen LogP contribution in [0.3, 0.4) is 0 Å². The molecular formula is C25H23N5S. The zero-order chi connectivity index (χ0) is 21.2. The molecule has 1 N–H and O–H groups in total. The standard InChI is InChI=1S/C25H23N5S/c1-18-12-13-22(27-16-18)29-15-7-11-21(29)24-23(20-10-5-6-14-26-20)28-25(31)30(24)17-19-8-3-2-4-9-19/h2-16,23-24H,17H2,1H3,(H,28,31)/t23-,24+/m1/s1. The van der Waals surface area contributed by atoms with E-state index in [1.165, 1.54) is 5.56 Å². The lowest BCUT2D eigenvalue weighted by Gasteiger charge is -2.29. The predicted octanol–water partition coefficient (Wildman–Crippen LogP) is 4.75. The molecule has 154 valence electrons. The maximum Gasteiger partial charge on any atom is 0.170 e. The SMILES string of the molecule is Cc1ccc(-n2cccc2[C@H]2[C@@H](c3ccccn3)NC(=S)N2Cc2ccccc2)nc1. The number of hydrogen-bond donors (Lipinski definition) is 1. The van der Waals surface area contributed by atoms with Crippen molar-refractivity contribution in [2.75, 3.05) is 0 Å². The van der Waals surface area contributed by atoms with E-state index >= 15 is 0 Å². The summed E-state index contributed by atoms with van der Waals surface area (Å²) in [6.07, 6.45) is 5.79. The zero-order valence-corrected chi connectivity index (χ0v) is 18.0. The van der Waals surface area contributed by atoms with Gasteiger partial charge in [0.15, 0.2) is 5.11 Å². The quantitative estimate of drug-likeness (QED) is 0.468. The molecule has 0 spiro atoms. The Hall–Kier alpha value is -3.51. The molecular weight excluding hydrogens is 402 g/mol. The Labute approximate surface area is 187 Å². The van der Waals surface area contributed by atoms with Crippen LogP contribution in [0.2, 0.25) is 0 Å². The molecule has 0 unspecified atom stereocenters. The number of aryl methyl sites for hydroxylation is 1. The molecule has 1 aliphatic heterocycles. The summed E-state index contributed by atoms with van der Waals surface area (Å²) in [6.45, 7) is 2.76. The summed E-state index contributed by atoms with van der Waals surface area (Å²) in [5, 5.41) is 4.26. The average Bonchev–Trinajstić information content (AvgIpc) is 3.40. The lowest BCUT2D eigenvalue weighted by atomic mass is 10.0. The van der Waals surface area contributed by atoms with Gasteiger partial charge in [0, 0.05) is 30.8 Å². The minimum absolute atomic E-state index is 0.0271. The average molecular weight is 426 g/mol. The minimum Gasteiger partial charge on any atom is -0.352 e. The summed E-state index contributed by atoms with van der Waals surface area (Å²) in [7, 11) is 0. The summed E-state index contributed by atoms with van der Waals surface area (Å²) < 4.78 is 2.15. The number of rotatable bonds is 5. The summed E-state index contributed by atoms with van der Waals surface area (Å²) in [5.74, 6) is 0.892. The second-order valence-corrected chi connectivity index (χ2v) is 8.12. The smallest absolute Gasteiger partial charge is 0.170 e. The number of aromatic nitrogens is 3. The van der Waals surface area contributed by atoms with Crippen LogP contribution in [-0.2, 0) is 6.54 Å². The van der Waals surface area contributed by atoms with Gasteiger partial charge in [0.25, 0.3) is 0 Å². The van der Waals surface area contributed by atoms with Gasteiger partial charge in [0.1, 0.15) is 5.82 Å². The van der Waals surface area contributed by atoms with Gasteiger partial charge in [-0.05, 0) is 60.6 Å². The first-order valence-electron chi connectivity index (χ1n) is 10.3. The molecule has 0 aliphatic carbocycles. The Kier molecular flexibility index (Phi) is 5.22. The summed E-state index contributed by atoms with van der Waals surface area (Å²) in [4.78, 5) is 11.5. The van der Waals surface area contributed by atoms with E-state index in [1.807, 2.05) is 37.5 Å². The molecule has 1 aromatic carbocycles. The fraction of sp³-hybridized carbons (Fsp3) is 0.160. The van der Waals surface area contributed by atoms with Crippen LogP contribution in [0, 0.1) is 6.92 Å². The van der Waals surface area contributed by atoms with Crippen LogP contribution in [0.1, 0.15) is 34.6 Å². The van der Waals surface area contributed by atoms with E-state index in [0.29, 0.717) is 6.54 Å². The van der Waals surface area contributed by atoms with Crippen molar-refractivity contribution in [3.05, 3.63) is 114 Å². The highest BCUT2D eigenvalue weighted by Crippen LogP contribution is 2.40. The molecule has 3 aromatic heterocycles. The van der Waals surface area contributed by atoms with Gasteiger partial charge < -0.3 is 14.8 Å². The van der Waals surface area contributed by atoms with E-state index < -0.39 is 0 Å². The van der Waals surface area contributed by atoms with Gasteiger partial charge >= 0.3 is 0 Å². The van der Waals surface area contributed by atoms with Crippen molar-refractivity contribution in [1.82, 2.24) is 24.8 Å². The highest BCUT2D eigenvalue weighted by molar-refractivity contribution is 7.80. The molecule has 4 aromatic rings. The second-order valence-electron chi connectivity index (χ2n) is 7.74. The molecule has 4 heterocycles. The van der Waals surface area contributed by atoms with Crippen molar-refractivity contribution in [3.8, 4) is 5.82 Å². The Bertz CT molecular complexity index is 1170. The molecule has 0 radical (unpaired) electrons. The first-order chi connectivity index (χ1) is 15.2. The molecule has 0 amide bonds. The van der Waals surface area contributed by atoms with Crippen LogP contribution in [-0.4, -0.2) is 24.5 Å². The normalized spacial score (nSPS) is 18.2. The number of benzene rings is 1. The first-order valence-corrected chi connectivity index (χ1v) is 10.7. The monoisotopic (exact) mass is 425 g/mol. The molecule has 31 heavy (non-hydrogen) atoms. The van der Waals surface area contributed by atoms with Crippen molar-refractivity contribution in [1.29, 1.82) is 0 Å². The van der Waals surface area contributed by atoms with Gasteiger partial charge in [0.05, 0.1) is 17.8 Å². The fourth-order valence-electron chi connectivity index (χ4n) is 4.12. The van der Waals surface area contributed by atoms with Crippen LogP contribution < -0.4 is 5.32 Å². The van der Waals surface area contributed by atoms with E-state index in [-0.39, 0.29) is 12.1 Å². The lowest BCUT2D eigenvalue weighted by molar-refractivity contribution is 0.302. The number of thiocarbonyl (C=S) groups is 1. The topological polar surface area (TPSA) is 46.0 Å². The highest BCUT2D eigenvalue weighted by Gasteiger charge is 2.41. The maximum atomic E-state index is 5.81. The molecule has 0 bridgehead atoms. The van der Waals surface area contributed by atoms with Crippen LogP contribution in [0.5, 0.6) is 0 Å². The van der Waals surface area contributed by atoms with E-state index in [4.69, 9.17) is 12.2 Å². The molecule has 1 aliphatic rings. The van der Waals surface area contributed by atoms with Gasteiger partial charge in [0.2, 0.25) is 0 Å². The highest BCUT2D eigenvalue weighted by atomic mass is 32.1. The maximum absolute atomic E-state index is 5.81.